The van der Waals surface area contributed by atoms with Crippen LogP contribution in [0, 0.1) is 0 Å². The lowest BCUT2D eigenvalue weighted by atomic mass is 10.1. The summed E-state index contributed by atoms with van der Waals surface area (Å²) in [6.07, 6.45) is -4.96. The van der Waals surface area contributed by atoms with Gasteiger partial charge in [0, 0.05) is 6.42 Å². The number of nitrogens with zero attached hydrogens (tertiary/aromatic N) is 2. The highest BCUT2D eigenvalue weighted by Gasteiger charge is 2.34. The fourth-order valence-electron chi connectivity index (χ4n) is 1.87. The lowest BCUT2D eigenvalue weighted by Gasteiger charge is -2.14. The number of amides is 2. The minimum absolute atomic E-state index is 0.00786. The number of nitrogens with one attached hydrogen (secondary N) is 1. The van der Waals surface area contributed by atoms with Crippen LogP contribution >= 0.6 is 11.8 Å². The molecule has 0 fully saturated rings. The van der Waals surface area contributed by atoms with Crippen LogP contribution < -0.4 is 16.8 Å². The van der Waals surface area contributed by atoms with Crippen LogP contribution in [0.4, 0.5) is 18.9 Å². The van der Waals surface area contributed by atoms with Crippen LogP contribution in [0.3, 0.4) is 0 Å². The summed E-state index contributed by atoms with van der Waals surface area (Å²) >= 11 is 0.866. The molecule has 7 nitrogen and oxygen atoms in total. The van der Waals surface area contributed by atoms with Gasteiger partial charge in [0.2, 0.25) is 5.91 Å². The van der Waals surface area contributed by atoms with Gasteiger partial charge < -0.3 is 16.8 Å². The van der Waals surface area contributed by atoms with Crippen molar-refractivity contribution in [1.29, 1.82) is 0 Å². The van der Waals surface area contributed by atoms with Gasteiger partial charge in [-0.2, -0.15) is 23.2 Å². The summed E-state index contributed by atoms with van der Waals surface area (Å²) in [5, 5.41) is 1.28. The molecular formula is C13H12F3N5O2S. The number of hydrogen-bond acceptors (Lipinski definition) is 4. The number of para-hydroxylation sites is 1. The zero-order valence-electron chi connectivity index (χ0n) is 12.0. The standard InChI is InChI=1S/C13H12F3N5O2S/c14-13(15,16)6-3-1-2-4-7(6)19-9(22)5-8-10(23)20-12(24-8)21-11(17)18/h1-4,8H,5H2,(H,19,22)(H4,17,18,20,21,23)/t8-/m1/s1. The first kappa shape index (κ1) is 17.8. The Morgan fingerprint density at radius 2 is 2.00 bits per heavy atom. The zero-order valence-corrected chi connectivity index (χ0v) is 12.8. The maximum atomic E-state index is 12.9. The van der Waals surface area contributed by atoms with E-state index in [4.69, 9.17) is 11.5 Å². The molecule has 1 aromatic carbocycles. The van der Waals surface area contributed by atoms with Gasteiger partial charge in [-0.05, 0) is 12.1 Å². The largest absolute Gasteiger partial charge is 0.418 e. The summed E-state index contributed by atoms with van der Waals surface area (Å²) in [7, 11) is 0. The molecule has 5 N–H and O–H groups in total. The molecule has 128 valence electrons. The maximum absolute atomic E-state index is 12.9. The summed E-state index contributed by atoms with van der Waals surface area (Å²) < 4.78 is 38.6. The number of aliphatic imine (C=N–C) groups is 2. The summed E-state index contributed by atoms with van der Waals surface area (Å²) in [5.74, 6) is -1.67. The molecule has 0 spiro atoms. The molecule has 0 unspecified atom stereocenters. The Bertz CT molecular complexity index is 729. The van der Waals surface area contributed by atoms with Crippen molar-refractivity contribution in [2.24, 2.45) is 21.5 Å². The van der Waals surface area contributed by atoms with E-state index in [9.17, 15) is 22.8 Å². The Morgan fingerprint density at radius 1 is 1.33 bits per heavy atom. The van der Waals surface area contributed by atoms with Crippen molar-refractivity contribution in [2.45, 2.75) is 17.8 Å². The molecule has 1 heterocycles. The smallest absolute Gasteiger partial charge is 0.370 e. The summed E-state index contributed by atoms with van der Waals surface area (Å²) in [5.41, 5.74) is 8.97. The van der Waals surface area contributed by atoms with Crippen LogP contribution in [0.5, 0.6) is 0 Å². The lowest BCUT2D eigenvalue weighted by Crippen LogP contribution is -2.24. The van der Waals surface area contributed by atoms with Crippen molar-refractivity contribution < 1.29 is 22.8 Å². The quantitative estimate of drug-likeness (QED) is 0.555. The van der Waals surface area contributed by atoms with Gasteiger partial charge in [0.25, 0.3) is 5.91 Å². The topological polar surface area (TPSA) is 123 Å². The molecule has 0 bridgehead atoms. The molecule has 2 amide bonds. The highest BCUT2D eigenvalue weighted by Crippen LogP contribution is 2.35. The van der Waals surface area contributed by atoms with E-state index < -0.39 is 28.8 Å². The molecule has 0 aliphatic carbocycles. The first-order valence-electron chi connectivity index (χ1n) is 6.51. The maximum Gasteiger partial charge on any atom is 0.418 e. The van der Waals surface area contributed by atoms with Crippen molar-refractivity contribution in [1.82, 2.24) is 0 Å². The van der Waals surface area contributed by atoms with E-state index in [1.54, 1.807) is 0 Å². The van der Waals surface area contributed by atoms with Crippen molar-refractivity contribution in [3.8, 4) is 0 Å². The Morgan fingerprint density at radius 3 is 2.62 bits per heavy atom. The van der Waals surface area contributed by atoms with Crippen LogP contribution in [-0.2, 0) is 15.8 Å². The van der Waals surface area contributed by atoms with Crippen molar-refractivity contribution in [3.05, 3.63) is 29.8 Å². The van der Waals surface area contributed by atoms with Gasteiger partial charge in [-0.1, -0.05) is 23.9 Å². The SMILES string of the molecule is NC(N)=NC1=NC(=O)[C@@H](CC(=O)Nc2ccccc2C(F)(F)F)S1. The number of anilines is 1. The molecule has 0 radical (unpaired) electrons. The van der Waals surface area contributed by atoms with Gasteiger partial charge >= 0.3 is 6.18 Å². The zero-order chi connectivity index (χ0) is 17.9. The normalized spacial score (nSPS) is 17.4. The van der Waals surface area contributed by atoms with E-state index in [0.29, 0.717) is 0 Å². The van der Waals surface area contributed by atoms with Gasteiger partial charge in [0.1, 0.15) is 5.25 Å². The van der Waals surface area contributed by atoms with Gasteiger partial charge in [-0.3, -0.25) is 9.59 Å². The number of hydrogen-bond donors (Lipinski definition) is 3. The van der Waals surface area contributed by atoms with Crippen LogP contribution in [0.25, 0.3) is 0 Å². The molecule has 1 aliphatic rings. The predicted octanol–water partition coefficient (Wildman–Crippen LogP) is 1.31. The summed E-state index contributed by atoms with van der Waals surface area (Å²) in [4.78, 5) is 30.8. The molecule has 1 aromatic rings. The minimum Gasteiger partial charge on any atom is -0.370 e. The molecular weight excluding hydrogens is 347 g/mol. The van der Waals surface area contributed by atoms with Gasteiger partial charge in [0.15, 0.2) is 11.1 Å². The molecule has 24 heavy (non-hydrogen) atoms. The number of amidine groups is 1. The minimum atomic E-state index is -4.61. The lowest BCUT2D eigenvalue weighted by molar-refractivity contribution is -0.137. The van der Waals surface area contributed by atoms with Crippen LogP contribution in [0.2, 0.25) is 0 Å². The fourth-order valence-corrected chi connectivity index (χ4v) is 2.81. The first-order chi connectivity index (χ1) is 11.2. The highest BCUT2D eigenvalue weighted by atomic mass is 32.2. The average molecular weight is 359 g/mol. The number of thioether (sulfide) groups is 1. The third kappa shape index (κ3) is 4.47. The number of carbonyl (C=O) groups excluding carboxylic acids is 2. The Hall–Kier alpha value is -2.56. The number of guanidine groups is 1. The predicted molar refractivity (Wildman–Crippen MR) is 84.3 cm³/mol. The molecule has 1 aliphatic heterocycles. The third-order valence-electron chi connectivity index (χ3n) is 2.83. The molecule has 0 saturated carbocycles. The molecule has 11 heteroatoms. The van der Waals surface area contributed by atoms with Gasteiger partial charge in [0.05, 0.1) is 11.3 Å². The van der Waals surface area contributed by atoms with Gasteiger partial charge in [-0.25, -0.2) is 0 Å². The number of nitrogens with two attached hydrogens (primary N) is 2. The number of carbonyl (C=O) groups is 2. The average Bonchev–Trinajstić information content (AvgIpc) is 2.77. The van der Waals surface area contributed by atoms with Crippen molar-refractivity contribution in [2.75, 3.05) is 5.32 Å². The van der Waals surface area contributed by atoms with E-state index in [2.05, 4.69) is 15.3 Å². The third-order valence-corrected chi connectivity index (χ3v) is 3.88. The number of rotatable bonds is 3. The monoisotopic (exact) mass is 359 g/mol. The fraction of sp³-hybridized carbons (Fsp3) is 0.231. The molecule has 0 aromatic heterocycles. The summed E-state index contributed by atoms with van der Waals surface area (Å²) in [6.45, 7) is 0. The molecule has 1 atom stereocenters. The van der Waals surface area contributed by atoms with Crippen LogP contribution in [0.15, 0.2) is 34.3 Å². The Labute approximate surface area is 138 Å². The molecule has 0 saturated heterocycles. The van der Waals surface area contributed by atoms with Crippen molar-refractivity contribution in [3.63, 3.8) is 0 Å². The molecule has 2 rings (SSSR count). The number of alkyl halides is 3. The second-order valence-corrected chi connectivity index (χ2v) is 5.84. The highest BCUT2D eigenvalue weighted by molar-refractivity contribution is 8.15. The number of benzene rings is 1. The Kier molecular flexibility index (Phi) is 5.12. The van der Waals surface area contributed by atoms with E-state index in [1.165, 1.54) is 12.1 Å². The van der Waals surface area contributed by atoms with E-state index in [0.717, 1.165) is 23.9 Å². The second kappa shape index (κ2) is 6.91. The number of halogens is 3. The van der Waals surface area contributed by atoms with E-state index in [-0.39, 0.29) is 23.2 Å². The second-order valence-electron chi connectivity index (χ2n) is 4.67. The van der Waals surface area contributed by atoms with Crippen molar-refractivity contribution >= 4 is 40.4 Å². The van der Waals surface area contributed by atoms with Gasteiger partial charge in [-0.15, -0.1) is 0 Å². The van der Waals surface area contributed by atoms with E-state index >= 15 is 0 Å². The van der Waals surface area contributed by atoms with Crippen LogP contribution in [0.1, 0.15) is 12.0 Å². The first-order valence-corrected chi connectivity index (χ1v) is 7.39. The van der Waals surface area contributed by atoms with Crippen LogP contribution in [-0.4, -0.2) is 28.2 Å². The Balaban J connectivity index is 2.03. The summed E-state index contributed by atoms with van der Waals surface area (Å²) in [6, 6.07) is 4.56. The van der Waals surface area contributed by atoms with E-state index in [1.807, 2.05) is 0 Å².